The van der Waals surface area contributed by atoms with Crippen LogP contribution >= 0.6 is 0 Å². The first-order chi connectivity index (χ1) is 12.4. The number of urea groups is 1. The van der Waals surface area contributed by atoms with E-state index in [1.54, 1.807) is 12.1 Å². The Morgan fingerprint density at radius 3 is 2.65 bits per heavy atom. The first kappa shape index (κ1) is 18.3. The number of rotatable bonds is 5. The third-order valence-corrected chi connectivity index (χ3v) is 6.36. The normalized spacial score (nSPS) is 13.4. The van der Waals surface area contributed by atoms with Crippen molar-refractivity contribution >= 4 is 33.1 Å². The Morgan fingerprint density at radius 1 is 1.15 bits per heavy atom. The quantitative estimate of drug-likeness (QED) is 0.838. The fourth-order valence-electron chi connectivity index (χ4n) is 3.08. The van der Waals surface area contributed by atoms with Crippen LogP contribution in [0.1, 0.15) is 24.5 Å². The molecule has 2 amide bonds. The van der Waals surface area contributed by atoms with Crippen molar-refractivity contribution in [3.8, 4) is 0 Å². The predicted octanol–water partition coefficient (Wildman–Crippen LogP) is 3.74. The van der Waals surface area contributed by atoms with Gasteiger partial charge in [0, 0.05) is 17.9 Å². The first-order valence-corrected chi connectivity index (χ1v) is 10.3. The van der Waals surface area contributed by atoms with Crippen molar-refractivity contribution in [1.82, 2.24) is 0 Å². The molecule has 1 aliphatic rings. The molecule has 0 aliphatic carbocycles. The second-order valence-corrected chi connectivity index (χ2v) is 8.39. The smallest absolute Gasteiger partial charge is 0.308 e. The Balaban J connectivity index is 1.77. The number of para-hydroxylation sites is 1. The van der Waals surface area contributed by atoms with Gasteiger partial charge in [0.05, 0.1) is 11.4 Å². The maximum Gasteiger partial charge on any atom is 0.323 e. The van der Waals surface area contributed by atoms with Crippen molar-refractivity contribution < 1.29 is 13.2 Å². The number of nitrogens with zero attached hydrogens (tertiary/aromatic N) is 1. The Morgan fingerprint density at radius 2 is 1.92 bits per heavy atom. The van der Waals surface area contributed by atoms with Crippen LogP contribution in [0.2, 0.25) is 0 Å². The van der Waals surface area contributed by atoms with Crippen LogP contribution in [0.4, 0.5) is 21.9 Å². The van der Waals surface area contributed by atoms with Crippen LogP contribution in [0.3, 0.4) is 0 Å². The maximum absolute atomic E-state index is 12.4. The van der Waals surface area contributed by atoms with Gasteiger partial charge in [0.25, 0.3) is 0 Å². The molecule has 1 heterocycles. The highest BCUT2D eigenvalue weighted by molar-refractivity contribution is 7.92. The Hall–Kier alpha value is -2.54. The van der Waals surface area contributed by atoms with Gasteiger partial charge in [-0.25, -0.2) is 13.2 Å². The van der Waals surface area contributed by atoms with E-state index in [1.165, 1.54) is 4.31 Å². The fraction of sp³-hybridized carbons (Fsp3) is 0.316. The summed E-state index contributed by atoms with van der Waals surface area (Å²) in [4.78, 5) is 12.3. The van der Waals surface area contributed by atoms with Gasteiger partial charge in [-0.15, -0.1) is 0 Å². The number of carbonyl (C=O) groups is 1. The number of hydrogen-bond donors (Lipinski definition) is 2. The second kappa shape index (κ2) is 7.37. The van der Waals surface area contributed by atoms with E-state index in [4.69, 9.17) is 0 Å². The molecule has 0 saturated carbocycles. The second-order valence-electron chi connectivity index (χ2n) is 6.38. The molecule has 0 radical (unpaired) electrons. The molecule has 0 spiro atoms. The molecule has 3 rings (SSSR count). The number of hydrogen-bond acceptors (Lipinski definition) is 3. The lowest BCUT2D eigenvalue weighted by molar-refractivity contribution is 0.262. The van der Waals surface area contributed by atoms with Crippen molar-refractivity contribution in [2.45, 2.75) is 26.7 Å². The summed E-state index contributed by atoms with van der Waals surface area (Å²) in [6, 6.07) is 12.6. The Kier molecular flexibility index (Phi) is 5.18. The van der Waals surface area contributed by atoms with Gasteiger partial charge in [-0.3, -0.25) is 4.31 Å². The molecule has 0 aromatic heterocycles. The summed E-state index contributed by atoms with van der Waals surface area (Å²) in [6.07, 6.45) is 1.26. The van der Waals surface area contributed by atoms with E-state index in [9.17, 15) is 13.2 Å². The van der Waals surface area contributed by atoms with Crippen molar-refractivity contribution in [1.29, 1.82) is 0 Å². The highest BCUT2D eigenvalue weighted by Crippen LogP contribution is 2.33. The molecule has 26 heavy (non-hydrogen) atoms. The zero-order chi connectivity index (χ0) is 18.7. The van der Waals surface area contributed by atoms with Crippen LogP contribution in [0.15, 0.2) is 42.5 Å². The van der Waals surface area contributed by atoms with E-state index in [0.717, 1.165) is 16.8 Å². The lowest BCUT2D eigenvalue weighted by atomic mass is 10.1. The molecule has 0 atom stereocenters. The van der Waals surface area contributed by atoms with Crippen LogP contribution in [0.5, 0.6) is 0 Å². The number of anilines is 3. The van der Waals surface area contributed by atoms with Crippen molar-refractivity contribution in [3.05, 3.63) is 53.6 Å². The van der Waals surface area contributed by atoms with Crippen LogP contribution in [-0.4, -0.2) is 26.7 Å². The molecule has 138 valence electrons. The van der Waals surface area contributed by atoms with Gasteiger partial charge in [0.2, 0.25) is 10.0 Å². The van der Waals surface area contributed by atoms with Crippen LogP contribution in [0.25, 0.3) is 0 Å². The maximum atomic E-state index is 12.4. The Labute approximate surface area is 154 Å². The number of benzene rings is 2. The molecule has 0 unspecified atom stereocenters. The van der Waals surface area contributed by atoms with Crippen LogP contribution in [0, 0.1) is 6.92 Å². The molecule has 2 aromatic rings. The van der Waals surface area contributed by atoms with E-state index in [1.807, 2.05) is 44.2 Å². The molecular formula is C19H23N3O3S. The van der Waals surface area contributed by atoms with Crippen LogP contribution < -0.4 is 14.9 Å². The molecule has 1 aliphatic heterocycles. The summed E-state index contributed by atoms with van der Waals surface area (Å²) in [6.45, 7) is 4.22. The molecule has 0 bridgehead atoms. The van der Waals surface area contributed by atoms with E-state index >= 15 is 0 Å². The third-order valence-electron chi connectivity index (χ3n) is 4.39. The summed E-state index contributed by atoms with van der Waals surface area (Å²) in [7, 11) is -3.32. The van der Waals surface area contributed by atoms with Gasteiger partial charge in [-0.2, -0.15) is 0 Å². The molecule has 2 aromatic carbocycles. The van der Waals surface area contributed by atoms with Gasteiger partial charge in [0.1, 0.15) is 0 Å². The lowest BCUT2D eigenvalue weighted by Gasteiger charge is -2.20. The SMILES string of the molecule is CCCS(=O)(=O)N1CCc2ccc(NC(=O)Nc3ccccc3C)cc21. The highest BCUT2D eigenvalue weighted by atomic mass is 32.2. The van der Waals surface area contributed by atoms with Crippen LogP contribution in [-0.2, 0) is 16.4 Å². The largest absolute Gasteiger partial charge is 0.323 e. The predicted molar refractivity (Wildman–Crippen MR) is 105 cm³/mol. The summed E-state index contributed by atoms with van der Waals surface area (Å²) in [5, 5.41) is 5.59. The van der Waals surface area contributed by atoms with E-state index in [2.05, 4.69) is 10.6 Å². The standard InChI is InChI=1S/C19H23N3O3S/c1-3-12-26(24,25)22-11-10-15-8-9-16(13-18(15)22)20-19(23)21-17-7-5-4-6-14(17)2/h4-9,13H,3,10-12H2,1-2H3,(H2,20,21,23). The number of carbonyl (C=O) groups excluding carboxylic acids is 1. The molecule has 0 fully saturated rings. The number of sulfonamides is 1. The van der Waals surface area contributed by atoms with E-state index in [0.29, 0.717) is 30.8 Å². The number of fused-ring (bicyclic) bond motifs is 1. The first-order valence-electron chi connectivity index (χ1n) is 8.67. The molecule has 0 saturated heterocycles. The van der Waals surface area contributed by atoms with Gasteiger partial charge < -0.3 is 10.6 Å². The van der Waals surface area contributed by atoms with Crippen molar-refractivity contribution in [2.24, 2.45) is 0 Å². The number of amides is 2. The van der Waals surface area contributed by atoms with Gasteiger partial charge in [-0.05, 0) is 49.1 Å². The third kappa shape index (κ3) is 3.83. The van der Waals surface area contributed by atoms with Crippen molar-refractivity contribution in [3.63, 3.8) is 0 Å². The van der Waals surface area contributed by atoms with E-state index < -0.39 is 10.0 Å². The van der Waals surface area contributed by atoms with Crippen molar-refractivity contribution in [2.75, 3.05) is 27.2 Å². The topological polar surface area (TPSA) is 78.5 Å². The molecule has 7 heteroatoms. The highest BCUT2D eigenvalue weighted by Gasteiger charge is 2.29. The summed E-state index contributed by atoms with van der Waals surface area (Å²) >= 11 is 0. The fourth-order valence-corrected chi connectivity index (χ4v) is 4.66. The zero-order valence-electron chi connectivity index (χ0n) is 15.0. The lowest BCUT2D eigenvalue weighted by Crippen LogP contribution is -2.31. The average Bonchev–Trinajstić information content (AvgIpc) is 3.01. The van der Waals surface area contributed by atoms with Gasteiger partial charge in [-0.1, -0.05) is 31.2 Å². The zero-order valence-corrected chi connectivity index (χ0v) is 15.8. The number of aryl methyl sites for hydroxylation is 1. The molecule has 2 N–H and O–H groups in total. The molecular weight excluding hydrogens is 350 g/mol. The summed E-state index contributed by atoms with van der Waals surface area (Å²) in [5.41, 5.74) is 3.90. The minimum Gasteiger partial charge on any atom is -0.308 e. The monoisotopic (exact) mass is 373 g/mol. The Bertz CT molecular complexity index is 925. The molecule has 6 nitrogen and oxygen atoms in total. The van der Waals surface area contributed by atoms with Gasteiger partial charge >= 0.3 is 6.03 Å². The summed E-state index contributed by atoms with van der Waals surface area (Å²) < 4.78 is 26.3. The minimum atomic E-state index is -3.32. The van der Waals surface area contributed by atoms with Gasteiger partial charge in [0.15, 0.2) is 0 Å². The number of nitrogens with one attached hydrogen (secondary N) is 2. The average molecular weight is 373 g/mol. The minimum absolute atomic E-state index is 0.123. The summed E-state index contributed by atoms with van der Waals surface area (Å²) in [5.74, 6) is 0.123. The van der Waals surface area contributed by atoms with E-state index in [-0.39, 0.29) is 11.8 Å².